The third-order valence-electron chi connectivity index (χ3n) is 2.57. The number of aryl methyl sites for hydroxylation is 1. The van der Waals surface area contributed by atoms with Crippen LogP contribution in [-0.2, 0) is 14.8 Å². The maximum Gasteiger partial charge on any atom is 0.271 e. The standard InChI is InChI=1S/C12H18N2O6S/c1-3-4-19-5-6-20-12-9(2)7-10(14(15)16)8-11(12)21(13,17)18/h7-8H,3-6H2,1-2H3,(H2,13,17,18). The maximum atomic E-state index is 11.6. The molecule has 9 heteroatoms. The molecule has 0 atom stereocenters. The molecule has 1 rings (SSSR count). The number of nitro groups is 1. The van der Waals surface area contributed by atoms with E-state index in [1.54, 1.807) is 0 Å². The first-order valence-corrected chi connectivity index (χ1v) is 7.84. The lowest BCUT2D eigenvalue weighted by atomic mass is 10.2. The maximum absolute atomic E-state index is 11.6. The summed E-state index contributed by atoms with van der Waals surface area (Å²) in [5.41, 5.74) is -0.0326. The second-order valence-corrected chi connectivity index (χ2v) is 5.88. The number of rotatable bonds is 8. The van der Waals surface area contributed by atoms with Crippen LogP contribution in [0.25, 0.3) is 0 Å². The van der Waals surface area contributed by atoms with Crippen LogP contribution in [-0.4, -0.2) is 33.2 Å². The lowest BCUT2D eigenvalue weighted by Crippen LogP contribution is -2.16. The van der Waals surface area contributed by atoms with Crippen LogP contribution in [0.1, 0.15) is 18.9 Å². The van der Waals surface area contributed by atoms with Gasteiger partial charge in [-0.3, -0.25) is 10.1 Å². The highest BCUT2D eigenvalue weighted by Crippen LogP contribution is 2.31. The zero-order chi connectivity index (χ0) is 16.0. The predicted molar refractivity (Wildman–Crippen MR) is 75.8 cm³/mol. The fraction of sp³-hybridized carbons (Fsp3) is 0.500. The van der Waals surface area contributed by atoms with Crippen LogP contribution in [0.2, 0.25) is 0 Å². The smallest absolute Gasteiger partial charge is 0.271 e. The summed E-state index contributed by atoms with van der Waals surface area (Å²) in [5.74, 6) is 0.0169. The number of primary sulfonamides is 1. The van der Waals surface area contributed by atoms with Crippen LogP contribution in [0, 0.1) is 17.0 Å². The second kappa shape index (κ2) is 7.34. The SMILES string of the molecule is CCCOCCOc1c(C)cc([N+](=O)[O-])cc1S(N)(=O)=O. The number of nitrogens with zero attached hydrogens (tertiary/aromatic N) is 1. The van der Waals surface area contributed by atoms with E-state index in [-0.39, 0.29) is 24.7 Å². The summed E-state index contributed by atoms with van der Waals surface area (Å²) in [6.07, 6.45) is 0.860. The van der Waals surface area contributed by atoms with Gasteiger partial charge >= 0.3 is 0 Å². The largest absolute Gasteiger partial charge is 0.489 e. The monoisotopic (exact) mass is 318 g/mol. The molecule has 8 nitrogen and oxygen atoms in total. The molecule has 0 unspecified atom stereocenters. The number of non-ortho nitro benzene ring substituents is 1. The summed E-state index contributed by atoms with van der Waals surface area (Å²) >= 11 is 0. The Morgan fingerprint density at radius 1 is 1.29 bits per heavy atom. The van der Waals surface area contributed by atoms with Crippen molar-refractivity contribution in [2.45, 2.75) is 25.2 Å². The van der Waals surface area contributed by atoms with Crippen LogP contribution in [0.5, 0.6) is 5.75 Å². The molecule has 0 aliphatic rings. The molecular weight excluding hydrogens is 300 g/mol. The lowest BCUT2D eigenvalue weighted by Gasteiger charge is -2.13. The fourth-order valence-corrected chi connectivity index (χ4v) is 2.44. The van der Waals surface area contributed by atoms with Gasteiger partial charge in [0, 0.05) is 18.7 Å². The van der Waals surface area contributed by atoms with Gasteiger partial charge in [0.25, 0.3) is 5.69 Å². The molecule has 0 aromatic heterocycles. The van der Waals surface area contributed by atoms with E-state index in [1.807, 2.05) is 6.92 Å². The summed E-state index contributed by atoms with van der Waals surface area (Å²) in [6.45, 7) is 4.46. The van der Waals surface area contributed by atoms with Crippen molar-refractivity contribution < 1.29 is 22.8 Å². The molecule has 0 fully saturated rings. The minimum Gasteiger partial charge on any atom is -0.489 e. The van der Waals surface area contributed by atoms with Gasteiger partial charge in [-0.2, -0.15) is 0 Å². The Labute approximate surface area is 123 Å². The molecule has 1 aromatic rings. The molecule has 118 valence electrons. The number of ether oxygens (including phenoxy) is 2. The molecule has 0 bridgehead atoms. The Morgan fingerprint density at radius 3 is 2.48 bits per heavy atom. The van der Waals surface area contributed by atoms with Crippen molar-refractivity contribution in [2.75, 3.05) is 19.8 Å². The zero-order valence-electron chi connectivity index (χ0n) is 11.9. The summed E-state index contributed by atoms with van der Waals surface area (Å²) in [5, 5.41) is 15.9. The van der Waals surface area contributed by atoms with Gasteiger partial charge in [0.05, 0.1) is 11.5 Å². The minimum atomic E-state index is -4.13. The molecule has 0 radical (unpaired) electrons. The molecule has 0 saturated heterocycles. The molecule has 0 saturated carbocycles. The van der Waals surface area contributed by atoms with E-state index >= 15 is 0 Å². The highest BCUT2D eigenvalue weighted by atomic mass is 32.2. The van der Waals surface area contributed by atoms with Crippen molar-refractivity contribution in [3.8, 4) is 5.75 Å². The van der Waals surface area contributed by atoms with Crippen LogP contribution in [0.3, 0.4) is 0 Å². The van der Waals surface area contributed by atoms with Crippen molar-refractivity contribution in [1.29, 1.82) is 0 Å². The van der Waals surface area contributed by atoms with E-state index in [1.165, 1.54) is 13.0 Å². The van der Waals surface area contributed by atoms with Crippen LogP contribution in [0.4, 0.5) is 5.69 Å². The molecule has 0 amide bonds. The van der Waals surface area contributed by atoms with Gasteiger partial charge in [-0.1, -0.05) is 6.92 Å². The summed E-state index contributed by atoms with van der Waals surface area (Å²) in [4.78, 5) is 9.70. The van der Waals surface area contributed by atoms with Gasteiger partial charge in [-0.15, -0.1) is 0 Å². The molecule has 2 N–H and O–H groups in total. The van der Waals surface area contributed by atoms with Gasteiger partial charge in [0.15, 0.2) is 0 Å². The number of benzene rings is 1. The van der Waals surface area contributed by atoms with E-state index in [2.05, 4.69) is 0 Å². The Morgan fingerprint density at radius 2 is 1.95 bits per heavy atom. The Balaban J connectivity index is 3.04. The van der Waals surface area contributed by atoms with E-state index < -0.39 is 19.8 Å². The van der Waals surface area contributed by atoms with Gasteiger partial charge in [-0.25, -0.2) is 13.6 Å². The third-order valence-corrected chi connectivity index (χ3v) is 3.48. The second-order valence-electron chi connectivity index (χ2n) is 4.35. The molecule has 0 aliphatic carbocycles. The van der Waals surface area contributed by atoms with Gasteiger partial charge in [-0.05, 0) is 18.9 Å². The number of hydrogen-bond donors (Lipinski definition) is 1. The van der Waals surface area contributed by atoms with E-state index in [4.69, 9.17) is 14.6 Å². The van der Waals surface area contributed by atoms with Crippen LogP contribution in [0.15, 0.2) is 17.0 Å². The van der Waals surface area contributed by atoms with Crippen LogP contribution >= 0.6 is 0 Å². The van der Waals surface area contributed by atoms with Gasteiger partial charge < -0.3 is 9.47 Å². The molecule has 1 aromatic carbocycles. The highest BCUT2D eigenvalue weighted by Gasteiger charge is 2.22. The van der Waals surface area contributed by atoms with Gasteiger partial charge in [0.1, 0.15) is 17.3 Å². The topological polar surface area (TPSA) is 122 Å². The van der Waals surface area contributed by atoms with Crippen molar-refractivity contribution in [2.24, 2.45) is 5.14 Å². The van der Waals surface area contributed by atoms with E-state index in [0.29, 0.717) is 12.2 Å². The summed E-state index contributed by atoms with van der Waals surface area (Å²) in [6, 6.07) is 2.13. The normalized spacial score (nSPS) is 11.4. The number of nitro benzene ring substituents is 1. The zero-order valence-corrected chi connectivity index (χ0v) is 12.7. The first kappa shape index (κ1) is 17.3. The quantitative estimate of drug-likeness (QED) is 0.438. The summed E-state index contributed by atoms with van der Waals surface area (Å²) < 4.78 is 33.7. The summed E-state index contributed by atoms with van der Waals surface area (Å²) in [7, 11) is -4.13. The Hall–Kier alpha value is -1.71. The minimum absolute atomic E-state index is 0.0169. The number of nitrogens with two attached hydrogens (primary N) is 1. The predicted octanol–water partition coefficient (Wildman–Crippen LogP) is 1.36. The van der Waals surface area contributed by atoms with Crippen molar-refractivity contribution in [1.82, 2.24) is 0 Å². The number of sulfonamides is 1. The van der Waals surface area contributed by atoms with Crippen molar-refractivity contribution in [3.05, 3.63) is 27.8 Å². The number of hydrogen-bond acceptors (Lipinski definition) is 6. The Bertz CT molecular complexity index is 614. The van der Waals surface area contributed by atoms with Crippen molar-refractivity contribution >= 4 is 15.7 Å². The molecular formula is C12H18N2O6S. The fourth-order valence-electron chi connectivity index (χ4n) is 1.67. The average molecular weight is 318 g/mol. The van der Waals surface area contributed by atoms with Gasteiger partial charge in [0.2, 0.25) is 10.0 Å². The third kappa shape index (κ3) is 4.96. The van der Waals surface area contributed by atoms with Crippen LogP contribution < -0.4 is 9.88 Å². The molecule has 0 heterocycles. The van der Waals surface area contributed by atoms with E-state index in [9.17, 15) is 18.5 Å². The molecule has 0 spiro atoms. The first-order chi connectivity index (χ1) is 9.77. The molecule has 0 aliphatic heterocycles. The average Bonchev–Trinajstić information content (AvgIpc) is 2.38. The van der Waals surface area contributed by atoms with E-state index in [0.717, 1.165) is 12.5 Å². The lowest BCUT2D eigenvalue weighted by molar-refractivity contribution is -0.385. The first-order valence-electron chi connectivity index (χ1n) is 6.29. The molecule has 21 heavy (non-hydrogen) atoms. The highest BCUT2D eigenvalue weighted by molar-refractivity contribution is 7.89. The van der Waals surface area contributed by atoms with Crippen molar-refractivity contribution in [3.63, 3.8) is 0 Å². The Kier molecular flexibility index (Phi) is 6.06.